The van der Waals surface area contributed by atoms with Gasteiger partial charge in [0.25, 0.3) is 11.8 Å². The fourth-order valence-corrected chi connectivity index (χ4v) is 4.29. The van der Waals surface area contributed by atoms with Gasteiger partial charge in [0.05, 0.1) is 16.8 Å². The van der Waals surface area contributed by atoms with Gasteiger partial charge in [-0.1, -0.05) is 6.07 Å². The lowest BCUT2D eigenvalue weighted by Crippen LogP contribution is -2.21. The zero-order valence-electron chi connectivity index (χ0n) is 20.5. The first-order valence-electron chi connectivity index (χ1n) is 10.6. The molecule has 0 aliphatic carbocycles. The number of aromatic nitrogens is 2. The minimum Gasteiger partial charge on any atom is -0.496 e. The molecule has 0 saturated carbocycles. The first kappa shape index (κ1) is 26.9. The number of amides is 1. The lowest BCUT2D eigenvalue weighted by molar-refractivity contribution is -0.142. The third kappa shape index (κ3) is 5.43. The van der Waals surface area contributed by atoms with Crippen LogP contribution in [0.5, 0.6) is 17.4 Å². The molecule has 8 nitrogen and oxygen atoms in total. The Labute approximate surface area is 206 Å². The van der Waals surface area contributed by atoms with Gasteiger partial charge in [-0.15, -0.1) is 10.2 Å². The molecule has 0 saturated heterocycles. The number of aryl methyl sites for hydroxylation is 1. The molecule has 1 amide bonds. The fraction of sp³-hybridized carbons (Fsp3) is 0.292. The molecule has 1 unspecified atom stereocenters. The topological polar surface area (TPSA) is 114 Å². The molecule has 0 fully saturated rings. The van der Waals surface area contributed by atoms with Crippen LogP contribution in [0.4, 0.5) is 18.9 Å². The fourth-order valence-electron chi connectivity index (χ4n) is 3.60. The molecule has 3 rings (SSSR count). The number of methoxy groups -OCH3 is 1. The highest BCUT2D eigenvalue weighted by molar-refractivity contribution is 7.91. The minimum absolute atomic E-state index is 0.141. The predicted molar refractivity (Wildman–Crippen MR) is 128 cm³/mol. The SMILES string of the molecule is COc1cc(C)c(Oc2nnc(C(F)(F)F)c(C)c2C(=O)Nc2cccc(S(C)(=N)=O)c2)c(C)c1C. The van der Waals surface area contributed by atoms with Crippen LogP contribution in [0.3, 0.4) is 0 Å². The molecule has 2 aromatic carbocycles. The van der Waals surface area contributed by atoms with Gasteiger partial charge in [-0.3, -0.25) is 4.79 Å². The summed E-state index contributed by atoms with van der Waals surface area (Å²) in [4.78, 5) is 13.4. The van der Waals surface area contributed by atoms with Crippen LogP contribution in [-0.2, 0) is 15.9 Å². The van der Waals surface area contributed by atoms with E-state index in [2.05, 4.69) is 15.5 Å². The van der Waals surface area contributed by atoms with Gasteiger partial charge in [-0.25, -0.2) is 8.99 Å². The number of rotatable bonds is 6. The van der Waals surface area contributed by atoms with E-state index >= 15 is 0 Å². The normalized spacial score (nSPS) is 13.1. The number of nitrogens with zero attached hydrogens (tertiary/aromatic N) is 2. The van der Waals surface area contributed by atoms with Crippen molar-refractivity contribution < 1.29 is 31.6 Å². The number of hydrogen-bond acceptors (Lipinski definition) is 7. The van der Waals surface area contributed by atoms with Gasteiger partial charge >= 0.3 is 6.18 Å². The maximum atomic E-state index is 13.6. The highest BCUT2D eigenvalue weighted by Gasteiger charge is 2.38. The van der Waals surface area contributed by atoms with Gasteiger partial charge in [-0.05, 0) is 74.2 Å². The zero-order valence-corrected chi connectivity index (χ0v) is 21.3. The first-order valence-corrected chi connectivity index (χ1v) is 12.5. The second-order valence-corrected chi connectivity index (χ2v) is 10.4. The van der Waals surface area contributed by atoms with Crippen LogP contribution in [0.2, 0.25) is 0 Å². The molecule has 0 aliphatic rings. The third-order valence-electron chi connectivity index (χ3n) is 5.62. The van der Waals surface area contributed by atoms with Crippen molar-refractivity contribution in [3.05, 3.63) is 63.8 Å². The van der Waals surface area contributed by atoms with E-state index < -0.39 is 44.5 Å². The van der Waals surface area contributed by atoms with Crippen molar-refractivity contribution in [2.24, 2.45) is 0 Å². The van der Waals surface area contributed by atoms with Crippen molar-refractivity contribution in [2.45, 2.75) is 38.8 Å². The molecular formula is C24H25F3N4O4S. The molecule has 3 aromatic rings. The van der Waals surface area contributed by atoms with Crippen molar-refractivity contribution in [1.29, 1.82) is 4.78 Å². The van der Waals surface area contributed by atoms with Crippen LogP contribution in [0.25, 0.3) is 0 Å². The van der Waals surface area contributed by atoms with E-state index in [4.69, 9.17) is 14.3 Å². The molecule has 2 N–H and O–H groups in total. The van der Waals surface area contributed by atoms with E-state index in [1.54, 1.807) is 26.8 Å². The molecule has 1 aromatic heterocycles. The molecule has 1 heterocycles. The van der Waals surface area contributed by atoms with Gasteiger partial charge in [0, 0.05) is 16.8 Å². The van der Waals surface area contributed by atoms with E-state index in [0.29, 0.717) is 22.6 Å². The maximum Gasteiger partial charge on any atom is 0.435 e. The Bertz CT molecular complexity index is 1450. The van der Waals surface area contributed by atoms with Crippen molar-refractivity contribution in [2.75, 3.05) is 18.7 Å². The Morgan fingerprint density at radius 1 is 1.06 bits per heavy atom. The number of alkyl halides is 3. The summed E-state index contributed by atoms with van der Waals surface area (Å²) in [7, 11) is -1.57. The van der Waals surface area contributed by atoms with Crippen molar-refractivity contribution in [3.8, 4) is 17.4 Å². The summed E-state index contributed by atoms with van der Waals surface area (Å²) in [6.07, 6.45) is -3.64. The van der Waals surface area contributed by atoms with Crippen LogP contribution in [0.15, 0.2) is 35.2 Å². The molecule has 1 atom stereocenters. The summed E-state index contributed by atoms with van der Waals surface area (Å²) in [5.41, 5.74) is -0.103. The van der Waals surface area contributed by atoms with E-state index in [0.717, 1.165) is 12.5 Å². The Morgan fingerprint density at radius 2 is 1.72 bits per heavy atom. The minimum atomic E-state index is -4.86. The monoisotopic (exact) mass is 522 g/mol. The molecular weight excluding hydrogens is 497 g/mol. The van der Waals surface area contributed by atoms with Crippen molar-refractivity contribution >= 4 is 21.3 Å². The average Bonchev–Trinajstić information content (AvgIpc) is 2.77. The second-order valence-electron chi connectivity index (χ2n) is 8.25. The number of nitrogens with one attached hydrogen (secondary N) is 2. The highest BCUT2D eigenvalue weighted by atomic mass is 32.2. The van der Waals surface area contributed by atoms with E-state index in [9.17, 15) is 22.2 Å². The van der Waals surface area contributed by atoms with E-state index in [1.165, 1.54) is 37.6 Å². The lowest BCUT2D eigenvalue weighted by Gasteiger charge is -2.19. The number of anilines is 1. The van der Waals surface area contributed by atoms with Crippen LogP contribution in [-0.4, -0.2) is 33.7 Å². The largest absolute Gasteiger partial charge is 0.496 e. The Hall–Kier alpha value is -3.67. The van der Waals surface area contributed by atoms with E-state index in [-0.39, 0.29) is 10.6 Å². The second kappa shape index (κ2) is 9.76. The number of ether oxygens (including phenoxy) is 2. The quantitative estimate of drug-likeness (QED) is 0.422. The predicted octanol–water partition coefficient (Wildman–Crippen LogP) is 5.82. The van der Waals surface area contributed by atoms with Gasteiger partial charge in [0.15, 0.2) is 5.69 Å². The number of hydrogen-bond donors (Lipinski definition) is 2. The van der Waals surface area contributed by atoms with Crippen LogP contribution >= 0.6 is 0 Å². The number of carbonyl (C=O) groups excluding carboxylic acids is 1. The van der Waals surface area contributed by atoms with Gasteiger partial charge in [-0.2, -0.15) is 13.2 Å². The summed E-state index contributed by atoms with van der Waals surface area (Å²) in [6.45, 7) is 6.38. The molecule has 192 valence electrons. The van der Waals surface area contributed by atoms with Crippen LogP contribution in [0.1, 0.15) is 38.3 Å². The summed E-state index contributed by atoms with van der Waals surface area (Å²) >= 11 is 0. The third-order valence-corrected chi connectivity index (χ3v) is 6.77. The van der Waals surface area contributed by atoms with E-state index in [1.807, 2.05) is 0 Å². The molecule has 0 aliphatic heterocycles. The van der Waals surface area contributed by atoms with Gasteiger partial charge in [0.2, 0.25) is 0 Å². The maximum absolute atomic E-state index is 13.6. The summed E-state index contributed by atoms with van der Waals surface area (Å²) < 4.78 is 71.8. The molecule has 0 bridgehead atoms. The lowest BCUT2D eigenvalue weighted by atomic mass is 10.0. The average molecular weight is 523 g/mol. The number of halogens is 3. The number of carbonyl (C=O) groups is 1. The Balaban J connectivity index is 2.14. The number of benzene rings is 2. The Morgan fingerprint density at radius 3 is 2.31 bits per heavy atom. The van der Waals surface area contributed by atoms with Gasteiger partial charge in [0.1, 0.15) is 17.1 Å². The summed E-state index contributed by atoms with van der Waals surface area (Å²) in [6, 6.07) is 7.42. The zero-order chi connectivity index (χ0) is 27.0. The van der Waals surface area contributed by atoms with Crippen LogP contribution in [0, 0.1) is 32.5 Å². The van der Waals surface area contributed by atoms with Crippen LogP contribution < -0.4 is 14.8 Å². The van der Waals surface area contributed by atoms with Gasteiger partial charge < -0.3 is 14.8 Å². The molecule has 12 heteroatoms. The summed E-state index contributed by atoms with van der Waals surface area (Å²) in [5, 5.41) is 9.40. The molecule has 36 heavy (non-hydrogen) atoms. The standard InChI is InChI=1S/C24H25F3N4O4S/c1-12-10-18(34-5)13(2)14(3)20(12)35-23-19(15(4)21(30-31-23)24(25,26)27)22(32)29-16-8-7-9-17(11-16)36(6,28)33/h7-11,28H,1-6H3,(H,29,32). The first-order chi connectivity index (χ1) is 16.6. The molecule has 0 spiro atoms. The smallest absolute Gasteiger partial charge is 0.435 e. The highest BCUT2D eigenvalue weighted by Crippen LogP contribution is 2.39. The van der Waals surface area contributed by atoms with Crippen molar-refractivity contribution in [3.63, 3.8) is 0 Å². The summed E-state index contributed by atoms with van der Waals surface area (Å²) in [5.74, 6) is -0.442. The van der Waals surface area contributed by atoms with Crippen molar-refractivity contribution in [1.82, 2.24) is 10.2 Å². The Kier molecular flexibility index (Phi) is 7.30. The molecule has 0 radical (unpaired) electrons.